The van der Waals surface area contributed by atoms with Crippen LogP contribution >= 0.6 is 35.0 Å². The molecule has 0 aromatic heterocycles. The third-order valence-electron chi connectivity index (χ3n) is 2.89. The van der Waals surface area contributed by atoms with Crippen LogP contribution in [0.25, 0.3) is 0 Å². The first-order valence-corrected chi connectivity index (χ1v) is 7.10. The molecule has 1 saturated heterocycles. The Morgan fingerprint density at radius 2 is 1.00 bits per heavy atom. The number of benzene rings is 2. The lowest BCUT2D eigenvalue weighted by Crippen LogP contribution is -1.84. The minimum Gasteiger partial charge on any atom is -0.143 e. The van der Waals surface area contributed by atoms with Crippen molar-refractivity contribution in [3.63, 3.8) is 0 Å². The van der Waals surface area contributed by atoms with Gasteiger partial charge in [-0.05, 0) is 35.4 Å². The van der Waals surface area contributed by atoms with Crippen molar-refractivity contribution in [1.82, 2.24) is 0 Å². The first kappa shape index (κ1) is 11.5. The van der Waals surface area contributed by atoms with Crippen LogP contribution < -0.4 is 0 Å². The van der Waals surface area contributed by atoms with Gasteiger partial charge in [0.05, 0.1) is 0 Å². The van der Waals surface area contributed by atoms with Gasteiger partial charge in [-0.15, -0.1) is 11.8 Å². The van der Waals surface area contributed by atoms with Crippen LogP contribution in [0.1, 0.15) is 21.6 Å². The van der Waals surface area contributed by atoms with E-state index < -0.39 is 0 Å². The van der Waals surface area contributed by atoms with E-state index in [4.69, 9.17) is 23.2 Å². The number of hydrogen-bond acceptors (Lipinski definition) is 1. The molecule has 2 atom stereocenters. The van der Waals surface area contributed by atoms with Crippen LogP contribution in [0.3, 0.4) is 0 Å². The topological polar surface area (TPSA) is 0 Å². The SMILES string of the molecule is Clc1ccc([C@@H]2S[C@H]2c2ccc(Cl)cc2)cc1. The largest absolute Gasteiger partial charge is 0.143 e. The molecule has 0 saturated carbocycles. The molecule has 86 valence electrons. The predicted octanol–water partition coefficient (Wildman–Crippen LogP) is 5.52. The first-order valence-electron chi connectivity index (χ1n) is 5.40. The lowest BCUT2D eigenvalue weighted by atomic mass is 10.0. The maximum absolute atomic E-state index is 5.89. The molecule has 17 heavy (non-hydrogen) atoms. The monoisotopic (exact) mass is 280 g/mol. The maximum atomic E-state index is 5.89. The van der Waals surface area contributed by atoms with Gasteiger partial charge in [-0.1, -0.05) is 47.5 Å². The summed E-state index contributed by atoms with van der Waals surface area (Å²) in [6.45, 7) is 0. The van der Waals surface area contributed by atoms with E-state index in [0.29, 0.717) is 10.5 Å². The van der Waals surface area contributed by atoms with E-state index in [1.807, 2.05) is 36.0 Å². The zero-order valence-electron chi connectivity index (χ0n) is 8.94. The molecule has 0 radical (unpaired) electrons. The van der Waals surface area contributed by atoms with Crippen molar-refractivity contribution >= 4 is 35.0 Å². The van der Waals surface area contributed by atoms with Crippen LogP contribution in [0, 0.1) is 0 Å². The summed E-state index contributed by atoms with van der Waals surface area (Å²) in [5.41, 5.74) is 2.69. The first-order chi connectivity index (χ1) is 8.24. The van der Waals surface area contributed by atoms with Crippen LogP contribution in [0.4, 0.5) is 0 Å². The molecule has 0 N–H and O–H groups in total. The molecule has 1 heterocycles. The predicted molar refractivity (Wildman–Crippen MR) is 76.0 cm³/mol. The summed E-state index contributed by atoms with van der Waals surface area (Å²) in [4.78, 5) is 0. The fourth-order valence-corrected chi connectivity index (χ4v) is 3.34. The molecule has 3 heteroatoms. The Hall–Kier alpha value is -0.630. The van der Waals surface area contributed by atoms with E-state index in [9.17, 15) is 0 Å². The van der Waals surface area contributed by atoms with Crippen LogP contribution in [0.5, 0.6) is 0 Å². The minimum atomic E-state index is 0.563. The highest BCUT2D eigenvalue weighted by molar-refractivity contribution is 8.06. The van der Waals surface area contributed by atoms with Crippen LogP contribution in [0.2, 0.25) is 10.0 Å². The summed E-state index contributed by atoms with van der Waals surface area (Å²) >= 11 is 13.7. The van der Waals surface area contributed by atoms with Crippen molar-refractivity contribution < 1.29 is 0 Å². The molecule has 0 bridgehead atoms. The summed E-state index contributed by atoms with van der Waals surface area (Å²) < 4.78 is 0. The quantitative estimate of drug-likeness (QED) is 0.653. The second-order valence-electron chi connectivity index (χ2n) is 4.08. The lowest BCUT2D eigenvalue weighted by Gasteiger charge is -2.00. The van der Waals surface area contributed by atoms with Gasteiger partial charge in [0, 0.05) is 20.5 Å². The van der Waals surface area contributed by atoms with Gasteiger partial charge in [0.25, 0.3) is 0 Å². The fourth-order valence-electron chi connectivity index (χ4n) is 1.92. The molecular weight excluding hydrogens is 271 g/mol. The summed E-state index contributed by atoms with van der Waals surface area (Å²) in [5.74, 6) is 0. The van der Waals surface area contributed by atoms with E-state index in [-0.39, 0.29) is 0 Å². The van der Waals surface area contributed by atoms with Gasteiger partial charge >= 0.3 is 0 Å². The van der Waals surface area contributed by atoms with Crippen LogP contribution in [-0.2, 0) is 0 Å². The van der Waals surface area contributed by atoms with Gasteiger partial charge in [-0.2, -0.15) is 0 Å². The van der Waals surface area contributed by atoms with Crippen molar-refractivity contribution in [2.45, 2.75) is 10.5 Å². The molecule has 0 aliphatic carbocycles. The summed E-state index contributed by atoms with van der Waals surface area (Å²) in [5, 5.41) is 2.71. The van der Waals surface area contributed by atoms with Crippen LogP contribution in [0.15, 0.2) is 48.5 Å². The zero-order valence-corrected chi connectivity index (χ0v) is 11.3. The number of thioether (sulfide) groups is 1. The lowest BCUT2D eigenvalue weighted by molar-refractivity contribution is 1.03. The molecule has 1 aliphatic heterocycles. The normalized spacial score (nSPS) is 22.5. The third kappa shape index (κ3) is 2.47. The number of halogens is 2. The molecule has 2 aromatic carbocycles. The van der Waals surface area contributed by atoms with Gasteiger partial charge in [0.2, 0.25) is 0 Å². The Kier molecular flexibility index (Phi) is 3.08. The van der Waals surface area contributed by atoms with E-state index in [0.717, 1.165) is 10.0 Å². The van der Waals surface area contributed by atoms with E-state index in [1.54, 1.807) is 0 Å². The Morgan fingerprint density at radius 1 is 0.647 bits per heavy atom. The van der Waals surface area contributed by atoms with Crippen molar-refractivity contribution in [1.29, 1.82) is 0 Å². The molecule has 0 unspecified atom stereocenters. The smallest absolute Gasteiger partial charge is 0.0463 e. The van der Waals surface area contributed by atoms with Crippen molar-refractivity contribution in [3.8, 4) is 0 Å². The molecular formula is C14H10Cl2S. The van der Waals surface area contributed by atoms with Crippen molar-refractivity contribution in [3.05, 3.63) is 69.7 Å². The van der Waals surface area contributed by atoms with Gasteiger partial charge in [-0.3, -0.25) is 0 Å². The molecule has 2 aromatic rings. The zero-order chi connectivity index (χ0) is 11.8. The second kappa shape index (κ2) is 4.56. The standard InChI is InChI=1S/C14H10Cl2S/c15-11-5-1-9(2-6-11)13-14(17-13)10-3-7-12(16)8-4-10/h1-8,13-14H/t13-,14-/m0/s1. The summed E-state index contributed by atoms with van der Waals surface area (Å²) in [7, 11) is 0. The average molecular weight is 281 g/mol. The maximum Gasteiger partial charge on any atom is 0.0463 e. The third-order valence-corrected chi connectivity index (χ3v) is 4.75. The van der Waals surface area contributed by atoms with Gasteiger partial charge in [0.1, 0.15) is 0 Å². The highest BCUT2D eigenvalue weighted by Gasteiger charge is 2.40. The van der Waals surface area contributed by atoms with Gasteiger partial charge in [-0.25, -0.2) is 0 Å². The molecule has 0 amide bonds. The Labute approximate surface area is 115 Å². The molecule has 0 nitrogen and oxygen atoms in total. The van der Waals surface area contributed by atoms with Crippen LogP contribution in [-0.4, -0.2) is 0 Å². The number of hydrogen-bond donors (Lipinski definition) is 0. The van der Waals surface area contributed by atoms with Crippen molar-refractivity contribution in [2.24, 2.45) is 0 Å². The average Bonchev–Trinajstić information content (AvgIpc) is 3.11. The minimum absolute atomic E-state index is 0.563. The Morgan fingerprint density at radius 3 is 1.35 bits per heavy atom. The summed E-state index contributed by atoms with van der Waals surface area (Å²) in [6, 6.07) is 16.2. The van der Waals surface area contributed by atoms with E-state index in [1.165, 1.54) is 11.1 Å². The summed E-state index contributed by atoms with van der Waals surface area (Å²) in [6.07, 6.45) is 0. The molecule has 1 fully saturated rings. The van der Waals surface area contributed by atoms with Gasteiger partial charge in [0.15, 0.2) is 0 Å². The molecule has 1 aliphatic rings. The molecule has 3 rings (SSSR count). The Bertz CT molecular complexity index is 469. The Balaban J connectivity index is 1.78. The van der Waals surface area contributed by atoms with Gasteiger partial charge < -0.3 is 0 Å². The number of rotatable bonds is 2. The highest BCUT2D eigenvalue weighted by atomic mass is 35.5. The van der Waals surface area contributed by atoms with E-state index in [2.05, 4.69) is 24.3 Å². The molecule has 0 spiro atoms. The fraction of sp³-hybridized carbons (Fsp3) is 0.143. The highest BCUT2D eigenvalue weighted by Crippen LogP contribution is 2.65. The van der Waals surface area contributed by atoms with Crippen molar-refractivity contribution in [2.75, 3.05) is 0 Å². The van der Waals surface area contributed by atoms with E-state index >= 15 is 0 Å². The second-order valence-corrected chi connectivity index (χ2v) is 6.24.